The Hall–Kier alpha value is -2.10. The van der Waals surface area contributed by atoms with Gasteiger partial charge in [-0.05, 0) is 55.2 Å². The van der Waals surface area contributed by atoms with E-state index in [1.807, 2.05) is 44.2 Å². The zero-order chi connectivity index (χ0) is 17.3. The van der Waals surface area contributed by atoms with Crippen LogP contribution in [0.4, 0.5) is 0 Å². The number of aryl methyl sites for hydroxylation is 2. The van der Waals surface area contributed by atoms with Gasteiger partial charge in [-0.3, -0.25) is 0 Å². The van der Waals surface area contributed by atoms with E-state index in [1.54, 1.807) is 6.07 Å². The average molecular weight is 342 g/mol. The van der Waals surface area contributed by atoms with E-state index in [0.29, 0.717) is 12.1 Å². The molecule has 24 heavy (non-hydrogen) atoms. The van der Waals surface area contributed by atoms with Crippen LogP contribution in [0.5, 0.6) is 0 Å². The third-order valence-electron chi connectivity index (χ3n) is 4.46. The van der Waals surface area contributed by atoms with Crippen LogP contribution in [0.15, 0.2) is 51.7 Å². The quantitative estimate of drug-likeness (QED) is 0.685. The molecule has 1 heterocycles. The minimum absolute atomic E-state index is 0.123. The van der Waals surface area contributed by atoms with Gasteiger partial charge in [0.15, 0.2) is 0 Å². The Morgan fingerprint density at radius 2 is 1.96 bits per heavy atom. The maximum Gasteiger partial charge on any atom is 0.336 e. The second-order valence-corrected chi connectivity index (χ2v) is 6.57. The molecule has 1 aromatic heterocycles. The van der Waals surface area contributed by atoms with Crippen molar-refractivity contribution in [3.8, 4) is 0 Å². The maximum atomic E-state index is 11.9. The topological polar surface area (TPSA) is 42.2 Å². The number of halogens is 1. The summed E-state index contributed by atoms with van der Waals surface area (Å²) in [6.07, 6.45) is 0. The second-order valence-electron chi connectivity index (χ2n) is 6.13. The monoisotopic (exact) mass is 341 g/mol. The first-order chi connectivity index (χ1) is 11.5. The zero-order valence-electron chi connectivity index (χ0n) is 14.0. The van der Waals surface area contributed by atoms with Crippen LogP contribution in [0.3, 0.4) is 0 Å². The highest BCUT2D eigenvalue weighted by Crippen LogP contribution is 2.24. The van der Waals surface area contributed by atoms with Crippen LogP contribution >= 0.6 is 11.6 Å². The lowest BCUT2D eigenvalue weighted by molar-refractivity contribution is 0.545. The summed E-state index contributed by atoms with van der Waals surface area (Å²) in [5, 5.41) is 5.15. The van der Waals surface area contributed by atoms with Gasteiger partial charge < -0.3 is 9.73 Å². The molecule has 0 amide bonds. The Kier molecular flexibility index (Phi) is 4.74. The minimum atomic E-state index is -0.316. The molecule has 0 fully saturated rings. The van der Waals surface area contributed by atoms with Gasteiger partial charge in [-0.25, -0.2) is 4.79 Å². The van der Waals surface area contributed by atoms with Gasteiger partial charge >= 0.3 is 5.63 Å². The number of rotatable bonds is 4. The predicted molar refractivity (Wildman–Crippen MR) is 98.7 cm³/mol. The molecule has 3 aromatic rings. The van der Waals surface area contributed by atoms with Crippen molar-refractivity contribution >= 4 is 22.6 Å². The number of fused-ring (bicyclic) bond motifs is 1. The van der Waals surface area contributed by atoms with Gasteiger partial charge in [-0.15, -0.1) is 0 Å². The molecule has 0 saturated heterocycles. The molecule has 2 aromatic carbocycles. The van der Waals surface area contributed by atoms with E-state index in [1.165, 1.54) is 0 Å². The molecule has 0 bridgehead atoms. The Labute approximate surface area is 146 Å². The van der Waals surface area contributed by atoms with E-state index in [2.05, 4.69) is 18.3 Å². The summed E-state index contributed by atoms with van der Waals surface area (Å²) in [5.41, 5.74) is 4.54. The van der Waals surface area contributed by atoms with Gasteiger partial charge in [0.05, 0.1) is 0 Å². The van der Waals surface area contributed by atoms with E-state index in [4.69, 9.17) is 16.0 Å². The highest BCUT2D eigenvalue weighted by Gasteiger charge is 2.11. The molecule has 124 valence electrons. The minimum Gasteiger partial charge on any atom is -0.422 e. The van der Waals surface area contributed by atoms with Crippen molar-refractivity contribution in [1.82, 2.24) is 5.32 Å². The molecule has 1 atom stereocenters. The predicted octanol–water partition coefficient (Wildman–Crippen LogP) is 4.91. The van der Waals surface area contributed by atoms with Crippen molar-refractivity contribution in [1.29, 1.82) is 0 Å². The number of hydrogen-bond acceptors (Lipinski definition) is 3. The molecule has 3 rings (SSSR count). The standard InChI is InChI=1S/C20H20ClNO2/c1-12-7-8-18-16(10-19(23)24-20(18)13(12)2)11-22-14(3)15-5-4-6-17(21)9-15/h4-10,14,22H,11H2,1-3H3/t14-/m1/s1. The summed E-state index contributed by atoms with van der Waals surface area (Å²) in [6.45, 7) is 6.65. The largest absolute Gasteiger partial charge is 0.422 e. The van der Waals surface area contributed by atoms with E-state index >= 15 is 0 Å². The summed E-state index contributed by atoms with van der Waals surface area (Å²) < 4.78 is 5.42. The van der Waals surface area contributed by atoms with Crippen molar-refractivity contribution in [3.63, 3.8) is 0 Å². The molecule has 3 nitrogen and oxygen atoms in total. The molecule has 0 radical (unpaired) electrons. The van der Waals surface area contributed by atoms with Gasteiger partial charge in [0.25, 0.3) is 0 Å². The fraction of sp³-hybridized carbons (Fsp3) is 0.250. The molecule has 4 heteroatoms. The molecule has 0 unspecified atom stereocenters. The summed E-state index contributed by atoms with van der Waals surface area (Å²) in [5.74, 6) is 0. The average Bonchev–Trinajstić information content (AvgIpc) is 2.56. The molecule has 0 aliphatic rings. The van der Waals surface area contributed by atoms with Gasteiger partial charge in [-0.1, -0.05) is 35.9 Å². The normalized spacial score (nSPS) is 12.5. The first-order valence-corrected chi connectivity index (χ1v) is 8.35. The van der Waals surface area contributed by atoms with Gasteiger partial charge in [0.2, 0.25) is 0 Å². The summed E-state index contributed by atoms with van der Waals surface area (Å²) in [6, 6.07) is 13.5. The fourth-order valence-electron chi connectivity index (χ4n) is 2.83. The van der Waals surface area contributed by atoms with Gasteiger partial charge in [-0.2, -0.15) is 0 Å². The first kappa shape index (κ1) is 16.7. The Morgan fingerprint density at radius 1 is 1.17 bits per heavy atom. The lowest BCUT2D eigenvalue weighted by Gasteiger charge is -2.16. The van der Waals surface area contributed by atoms with Crippen LogP contribution in [0.25, 0.3) is 11.0 Å². The van der Waals surface area contributed by atoms with Crippen LogP contribution in [0.2, 0.25) is 5.02 Å². The molecular formula is C20H20ClNO2. The fourth-order valence-corrected chi connectivity index (χ4v) is 3.03. The lowest BCUT2D eigenvalue weighted by Crippen LogP contribution is -2.19. The third-order valence-corrected chi connectivity index (χ3v) is 4.70. The van der Waals surface area contributed by atoms with Crippen molar-refractivity contribution in [3.05, 3.63) is 80.2 Å². The third kappa shape index (κ3) is 3.37. The smallest absolute Gasteiger partial charge is 0.336 e. The Balaban J connectivity index is 1.90. The highest BCUT2D eigenvalue weighted by atomic mass is 35.5. The first-order valence-electron chi connectivity index (χ1n) is 7.97. The summed E-state index contributed by atoms with van der Waals surface area (Å²) >= 11 is 6.06. The SMILES string of the molecule is Cc1ccc2c(CN[C@H](C)c3cccc(Cl)c3)cc(=O)oc2c1C. The van der Waals surface area contributed by atoms with Crippen LogP contribution in [-0.2, 0) is 6.54 Å². The van der Waals surface area contributed by atoms with Crippen LogP contribution in [0, 0.1) is 13.8 Å². The molecule has 0 aliphatic heterocycles. The molecule has 1 N–H and O–H groups in total. The van der Waals surface area contributed by atoms with E-state index in [9.17, 15) is 4.79 Å². The number of hydrogen-bond donors (Lipinski definition) is 1. The Bertz CT molecular complexity index is 946. The number of nitrogens with one attached hydrogen (secondary N) is 1. The summed E-state index contributed by atoms with van der Waals surface area (Å²) in [4.78, 5) is 11.9. The van der Waals surface area contributed by atoms with E-state index < -0.39 is 0 Å². The second kappa shape index (κ2) is 6.80. The number of benzene rings is 2. The van der Waals surface area contributed by atoms with Gasteiger partial charge in [0.1, 0.15) is 5.58 Å². The van der Waals surface area contributed by atoms with Crippen LogP contribution in [-0.4, -0.2) is 0 Å². The van der Waals surface area contributed by atoms with E-state index in [-0.39, 0.29) is 11.7 Å². The molecular weight excluding hydrogens is 322 g/mol. The molecule has 0 spiro atoms. The van der Waals surface area contributed by atoms with Crippen molar-refractivity contribution in [2.75, 3.05) is 0 Å². The van der Waals surface area contributed by atoms with Gasteiger partial charge in [0, 0.05) is 29.1 Å². The molecule has 0 aliphatic carbocycles. The van der Waals surface area contributed by atoms with Crippen molar-refractivity contribution < 1.29 is 4.42 Å². The lowest BCUT2D eigenvalue weighted by atomic mass is 10.0. The van der Waals surface area contributed by atoms with Crippen LogP contribution in [0.1, 0.15) is 35.2 Å². The van der Waals surface area contributed by atoms with E-state index in [0.717, 1.165) is 32.7 Å². The van der Waals surface area contributed by atoms with Crippen molar-refractivity contribution in [2.45, 2.75) is 33.4 Å². The molecule has 0 saturated carbocycles. The van der Waals surface area contributed by atoms with Crippen molar-refractivity contribution in [2.24, 2.45) is 0 Å². The Morgan fingerprint density at radius 3 is 2.71 bits per heavy atom. The maximum absolute atomic E-state index is 11.9. The zero-order valence-corrected chi connectivity index (χ0v) is 14.8. The van der Waals surface area contributed by atoms with Crippen LogP contribution < -0.4 is 10.9 Å². The highest BCUT2D eigenvalue weighted by molar-refractivity contribution is 6.30. The summed E-state index contributed by atoms with van der Waals surface area (Å²) in [7, 11) is 0.